The third-order valence-corrected chi connectivity index (χ3v) is 5.82. The molecule has 1 amide bonds. The van der Waals surface area contributed by atoms with E-state index in [1.165, 1.54) is 0 Å². The van der Waals surface area contributed by atoms with Crippen molar-refractivity contribution in [3.8, 4) is 5.75 Å². The number of amides is 1. The van der Waals surface area contributed by atoms with E-state index in [2.05, 4.69) is 18.9 Å². The summed E-state index contributed by atoms with van der Waals surface area (Å²) in [6, 6.07) is 7.80. The van der Waals surface area contributed by atoms with Gasteiger partial charge in [0.05, 0.1) is 6.54 Å². The lowest BCUT2D eigenvalue weighted by atomic mass is 9.79. The van der Waals surface area contributed by atoms with Gasteiger partial charge in [-0.3, -0.25) is 4.79 Å². The molecule has 2 aliphatic heterocycles. The quantitative estimate of drug-likeness (QED) is 0.907. The van der Waals surface area contributed by atoms with Gasteiger partial charge >= 0.3 is 0 Å². The summed E-state index contributed by atoms with van der Waals surface area (Å²) >= 11 is 0. The van der Waals surface area contributed by atoms with Crippen molar-refractivity contribution in [3.63, 3.8) is 0 Å². The number of benzene rings is 1. The summed E-state index contributed by atoms with van der Waals surface area (Å²) in [6.45, 7) is 7.17. The Morgan fingerprint density at radius 3 is 2.56 bits per heavy atom. The van der Waals surface area contributed by atoms with Crippen LogP contribution < -0.4 is 4.74 Å². The second-order valence-electron chi connectivity index (χ2n) is 8.12. The number of hydrogen-bond donors (Lipinski definition) is 1. The highest BCUT2D eigenvalue weighted by molar-refractivity contribution is 5.83. The third kappa shape index (κ3) is 3.98. The molecule has 0 radical (unpaired) electrons. The van der Waals surface area contributed by atoms with Gasteiger partial charge in [0.15, 0.2) is 0 Å². The number of carbonyl (C=O) groups is 1. The lowest BCUT2D eigenvalue weighted by Gasteiger charge is -2.39. The van der Waals surface area contributed by atoms with Crippen LogP contribution in [0.4, 0.5) is 0 Å². The zero-order valence-electron chi connectivity index (χ0n) is 15.6. The maximum atomic E-state index is 13.0. The van der Waals surface area contributed by atoms with Crippen LogP contribution in [-0.4, -0.2) is 66.2 Å². The Labute approximate surface area is 150 Å². The minimum atomic E-state index is -0.959. The summed E-state index contributed by atoms with van der Waals surface area (Å²) in [4.78, 5) is 17.1. The lowest BCUT2D eigenvalue weighted by molar-refractivity contribution is -0.144. The maximum absolute atomic E-state index is 13.0. The van der Waals surface area contributed by atoms with E-state index in [0.29, 0.717) is 19.5 Å². The second kappa shape index (κ2) is 6.96. The number of aryl methyl sites for hydroxylation is 1. The van der Waals surface area contributed by atoms with Crippen molar-refractivity contribution in [2.75, 3.05) is 39.8 Å². The van der Waals surface area contributed by atoms with Crippen molar-refractivity contribution in [1.29, 1.82) is 0 Å². The molecule has 138 valence electrons. The normalized spacial score (nSPS) is 26.6. The zero-order valence-corrected chi connectivity index (χ0v) is 15.6. The number of rotatable bonds is 4. The molecule has 0 bridgehead atoms. The molecule has 0 aliphatic carbocycles. The third-order valence-electron chi connectivity index (χ3n) is 5.82. The van der Waals surface area contributed by atoms with Crippen LogP contribution in [0.1, 0.15) is 31.7 Å². The fourth-order valence-corrected chi connectivity index (χ4v) is 3.79. The van der Waals surface area contributed by atoms with Gasteiger partial charge in [-0.1, -0.05) is 25.1 Å². The molecule has 0 aromatic heterocycles. The number of nitrogens with zero attached hydrogens (tertiary/aromatic N) is 2. The monoisotopic (exact) mass is 346 g/mol. The molecule has 1 aromatic rings. The summed E-state index contributed by atoms with van der Waals surface area (Å²) in [5.41, 5.74) is -0.204. The molecule has 0 spiro atoms. The molecule has 5 nitrogen and oxygen atoms in total. The van der Waals surface area contributed by atoms with Crippen molar-refractivity contribution in [2.24, 2.45) is 5.41 Å². The van der Waals surface area contributed by atoms with Crippen LogP contribution in [0.25, 0.3) is 0 Å². The first-order valence-corrected chi connectivity index (χ1v) is 9.20. The van der Waals surface area contributed by atoms with Gasteiger partial charge in [0.2, 0.25) is 5.91 Å². The van der Waals surface area contributed by atoms with Gasteiger partial charge in [0, 0.05) is 12.0 Å². The Morgan fingerprint density at radius 1 is 1.20 bits per heavy atom. The van der Waals surface area contributed by atoms with Gasteiger partial charge in [-0.05, 0) is 58.0 Å². The average molecular weight is 346 g/mol. The van der Waals surface area contributed by atoms with Gasteiger partial charge in [-0.25, -0.2) is 0 Å². The van der Waals surface area contributed by atoms with Gasteiger partial charge in [-0.15, -0.1) is 0 Å². The van der Waals surface area contributed by atoms with Crippen LogP contribution in [0.5, 0.6) is 5.75 Å². The molecule has 1 N–H and O–H groups in total. The molecule has 2 fully saturated rings. The van der Waals surface area contributed by atoms with Crippen molar-refractivity contribution >= 4 is 5.91 Å². The summed E-state index contributed by atoms with van der Waals surface area (Å²) < 4.78 is 5.84. The number of β-amino-alcohol motifs (C(OH)–C–C–N with tert-alkyl or cyclic N) is 1. The Bertz CT molecular complexity index is 625. The molecule has 1 atom stereocenters. The standard InChI is InChI=1S/C20H30N2O3/c1-16-6-4-5-7-17(16)25-15-20(24)10-13-22(14-20)18(23)19(2)8-11-21(3)12-9-19/h4-7,24H,8-15H2,1-3H3/t20-/m1/s1. The minimum Gasteiger partial charge on any atom is -0.490 e. The van der Waals surface area contributed by atoms with Crippen molar-refractivity contribution < 1.29 is 14.6 Å². The molecular weight excluding hydrogens is 316 g/mol. The second-order valence-corrected chi connectivity index (χ2v) is 8.12. The largest absolute Gasteiger partial charge is 0.490 e. The van der Waals surface area contributed by atoms with E-state index in [1.54, 1.807) is 0 Å². The highest BCUT2D eigenvalue weighted by Crippen LogP contribution is 2.35. The summed E-state index contributed by atoms with van der Waals surface area (Å²) in [6.07, 6.45) is 2.34. The van der Waals surface area contributed by atoms with E-state index >= 15 is 0 Å². The minimum absolute atomic E-state index is 0.187. The Morgan fingerprint density at radius 2 is 1.88 bits per heavy atom. The Kier molecular flexibility index (Phi) is 5.07. The van der Waals surface area contributed by atoms with Crippen LogP contribution >= 0.6 is 0 Å². The molecule has 25 heavy (non-hydrogen) atoms. The highest BCUT2D eigenvalue weighted by Gasteiger charge is 2.45. The first kappa shape index (κ1) is 18.2. The SMILES string of the molecule is Cc1ccccc1OC[C@@]1(O)CCN(C(=O)C2(C)CCN(C)CC2)C1. The summed E-state index contributed by atoms with van der Waals surface area (Å²) in [5, 5.41) is 10.9. The smallest absolute Gasteiger partial charge is 0.228 e. The molecule has 1 aromatic carbocycles. The number of piperidine rings is 1. The molecular formula is C20H30N2O3. The molecule has 3 rings (SSSR count). The summed E-state index contributed by atoms with van der Waals surface area (Å²) in [5.74, 6) is 0.982. The number of likely N-dealkylation sites (tertiary alicyclic amines) is 2. The van der Waals surface area contributed by atoms with E-state index in [0.717, 1.165) is 37.2 Å². The fourth-order valence-electron chi connectivity index (χ4n) is 3.79. The van der Waals surface area contributed by atoms with Gasteiger partial charge in [0.25, 0.3) is 0 Å². The molecule has 0 saturated carbocycles. The molecule has 2 saturated heterocycles. The van der Waals surface area contributed by atoms with Gasteiger partial charge in [-0.2, -0.15) is 0 Å². The average Bonchev–Trinajstić information content (AvgIpc) is 2.99. The Hall–Kier alpha value is -1.59. The predicted octanol–water partition coefficient (Wildman–Crippen LogP) is 2.07. The van der Waals surface area contributed by atoms with E-state index in [-0.39, 0.29) is 17.9 Å². The lowest BCUT2D eigenvalue weighted by Crippen LogP contribution is -2.49. The van der Waals surface area contributed by atoms with E-state index in [9.17, 15) is 9.90 Å². The van der Waals surface area contributed by atoms with Crippen molar-refractivity contribution in [1.82, 2.24) is 9.80 Å². The Balaban J connectivity index is 1.58. The van der Waals surface area contributed by atoms with Crippen LogP contribution in [-0.2, 0) is 4.79 Å². The molecule has 2 heterocycles. The molecule has 2 aliphatic rings. The first-order valence-electron chi connectivity index (χ1n) is 9.20. The van der Waals surface area contributed by atoms with Crippen LogP contribution in [0, 0.1) is 12.3 Å². The van der Waals surface area contributed by atoms with Crippen LogP contribution in [0.2, 0.25) is 0 Å². The van der Waals surface area contributed by atoms with Gasteiger partial charge in [0.1, 0.15) is 18.0 Å². The van der Waals surface area contributed by atoms with Crippen molar-refractivity contribution in [2.45, 2.75) is 38.7 Å². The number of carbonyl (C=O) groups excluding carboxylic acids is 1. The number of para-hydroxylation sites is 1. The first-order chi connectivity index (χ1) is 11.8. The fraction of sp³-hybridized carbons (Fsp3) is 0.650. The highest BCUT2D eigenvalue weighted by atomic mass is 16.5. The van der Waals surface area contributed by atoms with E-state index in [4.69, 9.17) is 4.74 Å². The number of hydrogen-bond acceptors (Lipinski definition) is 4. The van der Waals surface area contributed by atoms with Crippen LogP contribution in [0.3, 0.4) is 0 Å². The van der Waals surface area contributed by atoms with Crippen LogP contribution in [0.15, 0.2) is 24.3 Å². The predicted molar refractivity (Wildman–Crippen MR) is 97.7 cm³/mol. The summed E-state index contributed by atoms with van der Waals surface area (Å²) in [7, 11) is 2.10. The zero-order chi connectivity index (χ0) is 18.1. The van der Waals surface area contributed by atoms with E-state index in [1.807, 2.05) is 36.1 Å². The van der Waals surface area contributed by atoms with Crippen molar-refractivity contribution in [3.05, 3.63) is 29.8 Å². The number of ether oxygens (including phenoxy) is 1. The molecule has 0 unspecified atom stereocenters. The topological polar surface area (TPSA) is 53.0 Å². The van der Waals surface area contributed by atoms with Gasteiger partial charge < -0.3 is 19.6 Å². The van der Waals surface area contributed by atoms with E-state index < -0.39 is 5.60 Å². The molecule has 5 heteroatoms. The maximum Gasteiger partial charge on any atom is 0.228 e. The number of aliphatic hydroxyl groups is 1.